The van der Waals surface area contributed by atoms with Crippen molar-refractivity contribution in [3.8, 4) is 28.0 Å². The number of piperazine rings is 1. The number of aromatic nitrogens is 1. The lowest BCUT2D eigenvalue weighted by molar-refractivity contribution is -0.874. The Balaban J connectivity index is 0.786. The van der Waals surface area contributed by atoms with Crippen molar-refractivity contribution in [2.24, 2.45) is 16.2 Å². The molecule has 3 N–H and O–H groups in total. The van der Waals surface area contributed by atoms with E-state index in [-0.39, 0.29) is 70.0 Å². The number of amides is 3. The first-order chi connectivity index (χ1) is 35.1. The highest BCUT2D eigenvalue weighted by Crippen LogP contribution is 2.56. The van der Waals surface area contributed by atoms with Gasteiger partial charge < -0.3 is 30.0 Å². The van der Waals surface area contributed by atoms with Crippen LogP contribution in [0.2, 0.25) is 5.02 Å². The first-order valence-electron chi connectivity index (χ1n) is 26.5. The van der Waals surface area contributed by atoms with E-state index < -0.39 is 17.6 Å². The number of ether oxygens (including phenoxy) is 3. The van der Waals surface area contributed by atoms with Crippen molar-refractivity contribution >= 4 is 40.7 Å². The van der Waals surface area contributed by atoms with Crippen LogP contribution in [-0.2, 0) is 14.3 Å². The van der Waals surface area contributed by atoms with E-state index in [4.69, 9.17) is 25.8 Å². The number of nitrogens with zero attached hydrogens (tertiary/aromatic N) is 5. The Bertz CT molecular complexity index is 2640. The fourth-order valence-electron chi connectivity index (χ4n) is 12.6. The maximum absolute atomic E-state index is 15.0. The number of rotatable bonds is 17. The van der Waals surface area contributed by atoms with Gasteiger partial charge in [0.2, 0.25) is 5.91 Å². The molecule has 2 aliphatic carbocycles. The number of carbonyl (C=O) groups is 3. The predicted octanol–water partition coefficient (Wildman–Crippen LogP) is 8.98. The highest BCUT2D eigenvalue weighted by atomic mass is 35.5. The number of quaternary nitrogens is 1. The van der Waals surface area contributed by atoms with Gasteiger partial charge >= 0.3 is 5.91 Å². The first kappa shape index (κ1) is 55.3. The second kappa shape index (κ2) is 22.7. The molecule has 1 aromatic heterocycles. The molecule has 3 heterocycles. The van der Waals surface area contributed by atoms with Crippen LogP contribution >= 0.6 is 22.9 Å². The number of aliphatic hydroxyl groups is 1. The zero-order chi connectivity index (χ0) is 53.2. The molecule has 1 unspecified atom stereocenters. The van der Waals surface area contributed by atoms with E-state index in [1.807, 2.05) is 45.3 Å². The lowest BCUT2D eigenvalue weighted by Crippen LogP contribution is -2.74. The number of thiazole rings is 1. The molecule has 0 radical (unpaired) electrons. The smallest absolute Gasteiger partial charge is 0.337 e. The molecule has 6 atom stereocenters. The molecule has 14 nitrogen and oxygen atoms in total. The van der Waals surface area contributed by atoms with Gasteiger partial charge in [-0.25, -0.2) is 9.78 Å². The standard InChI is InChI=1S/C58H76ClN7O7S/c1-37-50(74-36-61-37)40-16-14-39(15-17-40)38(2)66(30-24-43(67)34-66)53(70)51(56(3,4)5)62-49(68)35-72-48-13-11-10-12-47(48)65-27-25-64(26-28-65)29-31-71-44-21-18-41(19-22-44)52(69)63-54-57(6,7)55(58(54,8)9)73-45-23-20-42(33-60)46(59)32-45/h14-23,32,36,38,43,47-48,51,54-55,67H,10-13,24-31,34-35H2,1-9H3,(H-,62,63,68,69)/p+1/t38-,43+,47+,48+,51+,54?,55?,66?/m0/s1. The zero-order valence-electron chi connectivity index (χ0n) is 44.8. The summed E-state index contributed by atoms with van der Waals surface area (Å²) in [6.07, 6.45) is 3.69. The van der Waals surface area contributed by atoms with Crippen molar-refractivity contribution in [1.29, 1.82) is 5.26 Å². The second-order valence-electron chi connectivity index (χ2n) is 23.4. The van der Waals surface area contributed by atoms with Crippen molar-refractivity contribution in [2.45, 2.75) is 137 Å². The maximum atomic E-state index is 15.0. The van der Waals surface area contributed by atoms with Gasteiger partial charge in [0.1, 0.15) is 61.6 Å². The summed E-state index contributed by atoms with van der Waals surface area (Å²) < 4.78 is 19.1. The minimum Gasteiger partial charge on any atom is -0.492 e. The molecule has 2 saturated carbocycles. The third-order valence-electron chi connectivity index (χ3n) is 16.6. The molecule has 3 aromatic carbocycles. The van der Waals surface area contributed by atoms with Gasteiger partial charge in [-0.1, -0.05) is 97.2 Å². The van der Waals surface area contributed by atoms with Gasteiger partial charge in [-0.15, -0.1) is 11.3 Å². The Morgan fingerprint density at radius 3 is 2.24 bits per heavy atom. The molecule has 2 saturated heterocycles. The maximum Gasteiger partial charge on any atom is 0.337 e. The summed E-state index contributed by atoms with van der Waals surface area (Å²) >= 11 is 7.88. The Morgan fingerprint density at radius 2 is 1.64 bits per heavy atom. The third-order valence-corrected chi connectivity index (χ3v) is 17.9. The molecule has 8 rings (SSSR count). The number of carbonyl (C=O) groups excluding carboxylic acids is 3. The van der Waals surface area contributed by atoms with E-state index >= 15 is 0 Å². The summed E-state index contributed by atoms with van der Waals surface area (Å²) in [5.74, 6) is 0.763. The summed E-state index contributed by atoms with van der Waals surface area (Å²) in [4.78, 5) is 52.8. The second-order valence-corrected chi connectivity index (χ2v) is 24.7. The normalized spacial score (nSPS) is 25.7. The van der Waals surface area contributed by atoms with Gasteiger partial charge in [0.15, 0.2) is 0 Å². The number of hydrogen-bond acceptors (Lipinski definition) is 12. The molecule has 4 aliphatic rings. The van der Waals surface area contributed by atoms with Gasteiger partial charge in [0, 0.05) is 79.3 Å². The fourth-order valence-corrected chi connectivity index (χ4v) is 13.6. The van der Waals surface area contributed by atoms with E-state index in [0.29, 0.717) is 53.8 Å². The van der Waals surface area contributed by atoms with Crippen LogP contribution in [0.1, 0.15) is 121 Å². The number of halogens is 1. The number of nitrogens with one attached hydrogen (secondary N) is 2. The van der Waals surface area contributed by atoms with Crippen LogP contribution in [0.25, 0.3) is 10.4 Å². The highest BCUT2D eigenvalue weighted by molar-refractivity contribution is 7.13. The summed E-state index contributed by atoms with van der Waals surface area (Å²) in [7, 11) is 0. The predicted molar refractivity (Wildman–Crippen MR) is 289 cm³/mol. The fraction of sp³-hybridized carbons (Fsp3) is 0.569. The van der Waals surface area contributed by atoms with Crippen LogP contribution in [0.15, 0.2) is 72.2 Å². The Morgan fingerprint density at radius 1 is 0.959 bits per heavy atom. The monoisotopic (exact) mass is 1050 g/mol. The Labute approximate surface area is 447 Å². The van der Waals surface area contributed by atoms with E-state index in [9.17, 15) is 24.8 Å². The minimum absolute atomic E-state index is 0.0670. The highest BCUT2D eigenvalue weighted by Gasteiger charge is 2.64. The molecule has 398 valence electrons. The summed E-state index contributed by atoms with van der Waals surface area (Å²) in [6.45, 7) is 23.9. The van der Waals surface area contributed by atoms with E-state index in [2.05, 4.69) is 90.4 Å². The van der Waals surface area contributed by atoms with Gasteiger partial charge in [0.25, 0.3) is 5.91 Å². The summed E-state index contributed by atoms with van der Waals surface area (Å²) in [6, 6.07) is 21.8. The third kappa shape index (κ3) is 11.9. The van der Waals surface area contributed by atoms with Crippen molar-refractivity contribution in [3.05, 3.63) is 99.6 Å². The molecule has 4 aromatic rings. The van der Waals surface area contributed by atoms with Crippen LogP contribution in [0.5, 0.6) is 11.5 Å². The van der Waals surface area contributed by atoms with Gasteiger partial charge in [-0.3, -0.25) is 23.9 Å². The number of likely N-dealkylation sites (tertiary alicyclic amines) is 1. The van der Waals surface area contributed by atoms with Crippen molar-refractivity contribution < 1.29 is 38.2 Å². The van der Waals surface area contributed by atoms with Crippen molar-refractivity contribution in [3.63, 3.8) is 0 Å². The lowest BCUT2D eigenvalue weighted by Gasteiger charge is -2.63. The van der Waals surface area contributed by atoms with Gasteiger partial charge in [0.05, 0.1) is 39.3 Å². The Kier molecular flexibility index (Phi) is 17.0. The molecule has 0 spiro atoms. The number of hydrogen-bond donors (Lipinski definition) is 3. The van der Waals surface area contributed by atoms with Crippen LogP contribution in [0.4, 0.5) is 0 Å². The van der Waals surface area contributed by atoms with Crippen LogP contribution in [-0.4, -0.2) is 138 Å². The first-order valence-corrected chi connectivity index (χ1v) is 27.7. The average Bonchev–Trinajstić information content (AvgIpc) is 4.01. The zero-order valence-corrected chi connectivity index (χ0v) is 46.4. The molecular formula is C58H77ClN7O7S+. The van der Waals surface area contributed by atoms with E-state index in [1.54, 1.807) is 41.7 Å². The van der Waals surface area contributed by atoms with E-state index in [0.717, 1.165) is 80.1 Å². The molecule has 4 fully saturated rings. The topological polar surface area (TPSA) is 166 Å². The molecule has 74 heavy (non-hydrogen) atoms. The van der Waals surface area contributed by atoms with Gasteiger partial charge in [-0.2, -0.15) is 5.26 Å². The van der Waals surface area contributed by atoms with Crippen LogP contribution in [0, 0.1) is 34.5 Å². The van der Waals surface area contributed by atoms with Crippen LogP contribution in [0.3, 0.4) is 0 Å². The number of nitriles is 1. The van der Waals surface area contributed by atoms with Gasteiger partial charge in [-0.05, 0) is 74.1 Å². The van der Waals surface area contributed by atoms with E-state index in [1.165, 1.54) is 0 Å². The summed E-state index contributed by atoms with van der Waals surface area (Å²) in [5, 5.41) is 26.9. The van der Waals surface area contributed by atoms with Crippen LogP contribution < -0.4 is 20.1 Å². The molecule has 3 amide bonds. The average molecular weight is 1050 g/mol. The SMILES string of the molecule is Cc1ncsc1-c1ccc([C@H](C)[N+]2(C(=O)[C@@H](NC(=O)CO[C@@H]3CCCC[C@H]3N3CCN(CCOc4ccc(C(=O)NC5C(C)(C)C(Oc6ccc(C#N)c(Cl)c6)C5(C)C)cc4)CC3)C(C)(C)C)CC[C@@H](O)C2)cc1. The number of benzene rings is 3. The quantitative estimate of drug-likeness (QED) is 0.0865. The Hall–Kier alpha value is -4.92. The molecule has 16 heteroatoms. The molecule has 0 bridgehead atoms. The molecular weight excluding hydrogens is 974 g/mol. The minimum atomic E-state index is -0.784. The lowest BCUT2D eigenvalue weighted by atomic mass is 9.49. The summed E-state index contributed by atoms with van der Waals surface area (Å²) in [5.41, 5.74) is 4.56. The van der Waals surface area contributed by atoms with Crippen molar-refractivity contribution in [2.75, 3.05) is 59.0 Å². The largest absolute Gasteiger partial charge is 0.492 e. The number of aliphatic hydroxyl groups excluding tert-OH is 1. The number of aryl methyl sites for hydroxylation is 1. The van der Waals surface area contributed by atoms with Crippen molar-refractivity contribution in [1.82, 2.24) is 25.4 Å². The molecule has 2 aliphatic heterocycles.